The Kier molecular flexibility index (Phi) is 4.19. The molecule has 0 fully saturated rings. The SMILES string of the molecule is Cn1c(-c2cncc(CS(=O)(=O)CCO)c2)cc2ccccc21. The van der Waals surface area contributed by atoms with Crippen molar-refractivity contribution in [2.45, 2.75) is 5.75 Å². The fourth-order valence-corrected chi connectivity index (χ4v) is 3.83. The number of pyridine rings is 1. The van der Waals surface area contributed by atoms with E-state index in [1.807, 2.05) is 37.4 Å². The molecule has 0 saturated heterocycles. The molecule has 23 heavy (non-hydrogen) atoms. The maximum absolute atomic E-state index is 11.9. The first kappa shape index (κ1) is 15.7. The largest absolute Gasteiger partial charge is 0.395 e. The topological polar surface area (TPSA) is 72.2 Å². The minimum Gasteiger partial charge on any atom is -0.395 e. The highest BCUT2D eigenvalue weighted by molar-refractivity contribution is 7.90. The van der Waals surface area contributed by atoms with Crippen LogP contribution in [0.3, 0.4) is 0 Å². The summed E-state index contributed by atoms with van der Waals surface area (Å²) < 4.78 is 25.8. The molecule has 0 aliphatic rings. The number of hydrogen-bond donors (Lipinski definition) is 1. The Morgan fingerprint density at radius 1 is 1.17 bits per heavy atom. The molecule has 0 unspecified atom stereocenters. The molecule has 0 spiro atoms. The lowest BCUT2D eigenvalue weighted by atomic mass is 10.1. The molecule has 0 radical (unpaired) electrons. The summed E-state index contributed by atoms with van der Waals surface area (Å²) in [5.74, 6) is -0.344. The van der Waals surface area contributed by atoms with Gasteiger partial charge in [-0.05, 0) is 23.8 Å². The minimum absolute atomic E-state index is 0.113. The summed E-state index contributed by atoms with van der Waals surface area (Å²) in [4.78, 5) is 4.18. The monoisotopic (exact) mass is 330 g/mol. The van der Waals surface area contributed by atoms with Gasteiger partial charge in [0.1, 0.15) is 0 Å². The van der Waals surface area contributed by atoms with Crippen LogP contribution in [0, 0.1) is 0 Å². The highest BCUT2D eigenvalue weighted by Crippen LogP contribution is 2.27. The van der Waals surface area contributed by atoms with Crippen LogP contribution in [-0.2, 0) is 22.6 Å². The van der Waals surface area contributed by atoms with E-state index in [9.17, 15) is 8.42 Å². The molecule has 0 aliphatic heterocycles. The fourth-order valence-electron chi connectivity index (χ4n) is 2.74. The molecule has 6 heteroatoms. The van der Waals surface area contributed by atoms with Gasteiger partial charge >= 0.3 is 0 Å². The molecular formula is C17H18N2O3S. The van der Waals surface area contributed by atoms with E-state index in [-0.39, 0.29) is 18.1 Å². The summed E-state index contributed by atoms with van der Waals surface area (Å²) in [5, 5.41) is 9.96. The number of para-hydroxylation sites is 1. The van der Waals surface area contributed by atoms with Crippen molar-refractivity contribution in [2.24, 2.45) is 7.05 Å². The number of fused-ring (bicyclic) bond motifs is 1. The maximum Gasteiger partial charge on any atom is 0.156 e. The molecule has 0 amide bonds. The predicted molar refractivity (Wildman–Crippen MR) is 90.7 cm³/mol. The molecular weight excluding hydrogens is 312 g/mol. The van der Waals surface area contributed by atoms with E-state index in [2.05, 4.69) is 15.6 Å². The summed E-state index contributed by atoms with van der Waals surface area (Å²) in [7, 11) is -1.34. The summed E-state index contributed by atoms with van der Waals surface area (Å²) in [6.45, 7) is -0.362. The molecule has 5 nitrogen and oxygen atoms in total. The minimum atomic E-state index is -3.32. The zero-order valence-corrected chi connectivity index (χ0v) is 13.6. The molecule has 120 valence electrons. The van der Waals surface area contributed by atoms with Gasteiger partial charge in [-0.2, -0.15) is 0 Å². The molecule has 0 saturated carbocycles. The van der Waals surface area contributed by atoms with Crippen LogP contribution in [0.2, 0.25) is 0 Å². The van der Waals surface area contributed by atoms with Gasteiger partial charge in [0.2, 0.25) is 0 Å². The smallest absolute Gasteiger partial charge is 0.156 e. The van der Waals surface area contributed by atoms with Crippen molar-refractivity contribution in [3.8, 4) is 11.3 Å². The quantitative estimate of drug-likeness (QED) is 0.778. The number of aryl methyl sites for hydroxylation is 1. The van der Waals surface area contributed by atoms with Crippen LogP contribution in [-0.4, -0.2) is 35.4 Å². The summed E-state index contributed by atoms with van der Waals surface area (Å²) in [6.07, 6.45) is 3.29. The number of nitrogens with zero attached hydrogens (tertiary/aromatic N) is 2. The normalized spacial score (nSPS) is 11.9. The lowest BCUT2D eigenvalue weighted by molar-refractivity contribution is 0.319. The van der Waals surface area contributed by atoms with Gasteiger partial charge in [0.05, 0.1) is 23.8 Å². The molecule has 2 heterocycles. The van der Waals surface area contributed by atoms with Crippen molar-refractivity contribution in [3.05, 3.63) is 54.4 Å². The van der Waals surface area contributed by atoms with E-state index in [1.54, 1.807) is 12.4 Å². The average molecular weight is 330 g/mol. The summed E-state index contributed by atoms with van der Waals surface area (Å²) >= 11 is 0. The van der Waals surface area contributed by atoms with Gasteiger partial charge in [-0.25, -0.2) is 8.42 Å². The summed E-state index contributed by atoms with van der Waals surface area (Å²) in [6, 6.07) is 12.0. The van der Waals surface area contributed by atoms with Gasteiger partial charge < -0.3 is 9.67 Å². The van der Waals surface area contributed by atoms with Crippen molar-refractivity contribution >= 4 is 20.7 Å². The first-order valence-corrected chi connectivity index (χ1v) is 9.12. The van der Waals surface area contributed by atoms with Crippen molar-refractivity contribution in [1.82, 2.24) is 9.55 Å². The maximum atomic E-state index is 11.9. The Morgan fingerprint density at radius 3 is 2.70 bits per heavy atom. The van der Waals surface area contributed by atoms with Crippen LogP contribution in [0.5, 0.6) is 0 Å². The van der Waals surface area contributed by atoms with E-state index in [0.717, 1.165) is 22.2 Å². The van der Waals surface area contributed by atoms with Crippen molar-refractivity contribution in [1.29, 1.82) is 0 Å². The van der Waals surface area contributed by atoms with Crippen LogP contribution in [0.4, 0.5) is 0 Å². The van der Waals surface area contributed by atoms with Crippen molar-refractivity contribution in [2.75, 3.05) is 12.4 Å². The Balaban J connectivity index is 2.00. The Labute approximate surface area is 135 Å². The van der Waals surface area contributed by atoms with Gasteiger partial charge in [-0.15, -0.1) is 0 Å². The first-order chi connectivity index (χ1) is 11.0. The third-order valence-electron chi connectivity index (χ3n) is 3.83. The van der Waals surface area contributed by atoms with Gasteiger partial charge in [0.15, 0.2) is 9.84 Å². The zero-order valence-electron chi connectivity index (χ0n) is 12.8. The van der Waals surface area contributed by atoms with Crippen LogP contribution in [0.1, 0.15) is 5.56 Å². The first-order valence-electron chi connectivity index (χ1n) is 7.30. The number of hydrogen-bond acceptors (Lipinski definition) is 4. The second kappa shape index (κ2) is 6.14. The lowest BCUT2D eigenvalue weighted by Gasteiger charge is -2.07. The van der Waals surface area contributed by atoms with E-state index in [4.69, 9.17) is 5.11 Å². The number of benzene rings is 1. The number of aliphatic hydroxyl groups excluding tert-OH is 1. The van der Waals surface area contributed by atoms with E-state index < -0.39 is 9.84 Å². The van der Waals surface area contributed by atoms with Crippen LogP contribution in [0.15, 0.2) is 48.8 Å². The Morgan fingerprint density at radius 2 is 1.96 bits per heavy atom. The number of sulfone groups is 1. The highest BCUT2D eigenvalue weighted by Gasteiger charge is 2.13. The number of aliphatic hydroxyl groups is 1. The van der Waals surface area contributed by atoms with Crippen molar-refractivity contribution < 1.29 is 13.5 Å². The van der Waals surface area contributed by atoms with E-state index in [1.165, 1.54) is 0 Å². The molecule has 1 N–H and O–H groups in total. The average Bonchev–Trinajstić information content (AvgIpc) is 2.85. The van der Waals surface area contributed by atoms with Gasteiger partial charge in [-0.3, -0.25) is 4.98 Å². The highest BCUT2D eigenvalue weighted by atomic mass is 32.2. The molecule has 2 aromatic heterocycles. The number of aromatic nitrogens is 2. The zero-order chi connectivity index (χ0) is 16.4. The standard InChI is InChI=1S/C17H18N2O3S/c1-19-16-5-3-2-4-14(16)9-17(19)15-8-13(10-18-11-15)12-23(21,22)7-6-20/h2-5,8-11,20H,6-7,12H2,1H3. The van der Waals surface area contributed by atoms with Crippen molar-refractivity contribution in [3.63, 3.8) is 0 Å². The molecule has 0 bridgehead atoms. The molecule has 1 aromatic carbocycles. The van der Waals surface area contributed by atoms with Gasteiger partial charge in [0, 0.05) is 35.9 Å². The Hall–Kier alpha value is -2.18. The van der Waals surface area contributed by atoms with Crippen LogP contribution < -0.4 is 0 Å². The predicted octanol–water partition coefficient (Wildman–Crippen LogP) is 2.15. The summed E-state index contributed by atoms with van der Waals surface area (Å²) in [5.41, 5.74) is 3.60. The lowest BCUT2D eigenvalue weighted by Crippen LogP contribution is -2.12. The molecule has 3 aromatic rings. The second-order valence-corrected chi connectivity index (χ2v) is 7.73. The second-order valence-electron chi connectivity index (χ2n) is 5.54. The molecule has 3 rings (SSSR count). The van der Waals surface area contributed by atoms with E-state index >= 15 is 0 Å². The van der Waals surface area contributed by atoms with E-state index in [0.29, 0.717) is 5.56 Å². The molecule has 0 aliphatic carbocycles. The van der Waals surface area contributed by atoms with Crippen LogP contribution >= 0.6 is 0 Å². The van der Waals surface area contributed by atoms with Gasteiger partial charge in [0.25, 0.3) is 0 Å². The fraction of sp³-hybridized carbons (Fsp3) is 0.235. The van der Waals surface area contributed by atoms with Crippen LogP contribution in [0.25, 0.3) is 22.2 Å². The third kappa shape index (κ3) is 3.28. The van der Waals surface area contributed by atoms with Gasteiger partial charge in [-0.1, -0.05) is 18.2 Å². The third-order valence-corrected chi connectivity index (χ3v) is 5.41. The number of rotatable bonds is 5. The Bertz CT molecular complexity index is 945. The molecule has 0 atom stereocenters.